The Hall–Kier alpha value is -0.860. The van der Waals surface area contributed by atoms with Gasteiger partial charge >= 0.3 is 16.3 Å². The standard InChI is InChI=1S/C15H24O7.H3NO3S/c1-6-10(16)17-8-15-12(21-14(4,5)22-15)11-9(7-18-15)19-13(2,3)20-11;1-5(2,3)4/h9,11-12H,6-8H2,1-5H3;(H3,1,2,3,4)/t9-,11-,12+,15+;/m1./s1. The molecule has 3 rings (SSSR count). The van der Waals surface area contributed by atoms with Crippen molar-refractivity contribution in [1.29, 1.82) is 0 Å². The van der Waals surface area contributed by atoms with Gasteiger partial charge in [-0.3, -0.25) is 9.35 Å². The van der Waals surface area contributed by atoms with E-state index in [0.29, 0.717) is 13.0 Å². The SMILES string of the molecule is CCC(=O)OC[C@@]12OC[C@H]3OC(C)(C)O[C@H]3[C@@H]1OC(C)(C)O2.NS(=O)(=O)O. The van der Waals surface area contributed by atoms with E-state index >= 15 is 0 Å². The van der Waals surface area contributed by atoms with E-state index in [1.807, 2.05) is 13.8 Å². The average molecular weight is 413 g/mol. The Labute approximate surface area is 158 Å². The van der Waals surface area contributed by atoms with Crippen LogP contribution < -0.4 is 5.14 Å². The number of rotatable bonds is 3. The molecule has 11 nitrogen and oxygen atoms in total. The molecule has 0 unspecified atom stereocenters. The number of esters is 1. The van der Waals surface area contributed by atoms with Crippen molar-refractivity contribution in [3.05, 3.63) is 0 Å². The first kappa shape index (κ1) is 22.4. The van der Waals surface area contributed by atoms with Gasteiger partial charge in [0.2, 0.25) is 5.79 Å². The molecule has 0 saturated carbocycles. The summed E-state index contributed by atoms with van der Waals surface area (Å²) < 4.78 is 60.1. The highest BCUT2D eigenvalue weighted by Crippen LogP contribution is 2.47. The highest BCUT2D eigenvalue weighted by atomic mass is 32.2. The van der Waals surface area contributed by atoms with Crippen LogP contribution in [-0.4, -0.2) is 67.8 Å². The predicted molar refractivity (Wildman–Crippen MR) is 89.5 cm³/mol. The monoisotopic (exact) mass is 413 g/mol. The minimum Gasteiger partial charge on any atom is -0.460 e. The van der Waals surface area contributed by atoms with Crippen LogP contribution in [0.2, 0.25) is 0 Å². The minimum absolute atomic E-state index is 0.0270. The number of hydrogen-bond donors (Lipinski definition) is 2. The molecule has 0 aromatic rings. The molecule has 0 spiro atoms. The molecule has 27 heavy (non-hydrogen) atoms. The highest BCUT2D eigenvalue weighted by molar-refractivity contribution is 7.83. The Morgan fingerprint density at radius 2 is 1.78 bits per heavy atom. The van der Waals surface area contributed by atoms with Crippen LogP contribution in [0.25, 0.3) is 0 Å². The maximum Gasteiger partial charge on any atom is 0.330 e. The van der Waals surface area contributed by atoms with Crippen molar-refractivity contribution in [2.24, 2.45) is 5.14 Å². The predicted octanol–water partition coefficient (Wildman–Crippen LogP) is 0.0856. The van der Waals surface area contributed by atoms with Gasteiger partial charge in [-0.15, -0.1) is 0 Å². The zero-order chi connectivity index (χ0) is 20.7. The van der Waals surface area contributed by atoms with Crippen LogP contribution in [0, 0.1) is 0 Å². The first-order valence-electron chi connectivity index (χ1n) is 8.45. The number of fused-ring (bicyclic) bond motifs is 3. The lowest BCUT2D eigenvalue weighted by atomic mass is 9.97. The molecule has 3 heterocycles. The molecular weight excluding hydrogens is 386 g/mol. The summed E-state index contributed by atoms with van der Waals surface area (Å²) in [5.74, 6) is -3.02. The molecule has 158 valence electrons. The molecule has 3 saturated heterocycles. The summed E-state index contributed by atoms with van der Waals surface area (Å²) in [6.07, 6.45) is -0.782. The van der Waals surface area contributed by atoms with Crippen molar-refractivity contribution in [3.8, 4) is 0 Å². The summed E-state index contributed by atoms with van der Waals surface area (Å²) in [5.41, 5.74) is 0. The van der Waals surface area contributed by atoms with E-state index in [4.69, 9.17) is 41.4 Å². The van der Waals surface area contributed by atoms with Gasteiger partial charge in [0.05, 0.1) is 6.61 Å². The largest absolute Gasteiger partial charge is 0.460 e. The fourth-order valence-corrected chi connectivity index (χ4v) is 3.23. The fraction of sp³-hybridized carbons (Fsp3) is 0.933. The van der Waals surface area contributed by atoms with E-state index in [1.165, 1.54) is 0 Å². The van der Waals surface area contributed by atoms with E-state index in [-0.39, 0.29) is 24.8 Å². The molecule has 3 aliphatic heterocycles. The molecule has 4 atom stereocenters. The maximum absolute atomic E-state index is 11.5. The average Bonchev–Trinajstić information content (AvgIpc) is 2.94. The number of hydrogen-bond acceptors (Lipinski definition) is 9. The highest BCUT2D eigenvalue weighted by Gasteiger charge is 2.65. The van der Waals surface area contributed by atoms with Crippen molar-refractivity contribution in [2.45, 2.75) is 76.7 Å². The second-order valence-electron chi connectivity index (χ2n) is 7.33. The summed E-state index contributed by atoms with van der Waals surface area (Å²) in [6, 6.07) is 0. The summed E-state index contributed by atoms with van der Waals surface area (Å²) >= 11 is 0. The Balaban J connectivity index is 0.000000465. The molecule has 3 aliphatic rings. The summed E-state index contributed by atoms with van der Waals surface area (Å²) in [5, 5.41) is 3.88. The topological polar surface area (TPSA) is 153 Å². The minimum atomic E-state index is -4.17. The van der Waals surface area contributed by atoms with Gasteiger partial charge in [0.15, 0.2) is 11.6 Å². The quantitative estimate of drug-likeness (QED) is 0.480. The fourth-order valence-electron chi connectivity index (χ4n) is 3.23. The smallest absolute Gasteiger partial charge is 0.330 e. The van der Waals surface area contributed by atoms with E-state index in [0.717, 1.165) is 0 Å². The van der Waals surface area contributed by atoms with E-state index in [1.54, 1.807) is 20.8 Å². The molecule has 0 aromatic heterocycles. The molecule has 0 aliphatic carbocycles. The molecule has 0 amide bonds. The lowest BCUT2D eigenvalue weighted by Crippen LogP contribution is -2.60. The number of carbonyl (C=O) groups is 1. The summed E-state index contributed by atoms with van der Waals surface area (Å²) in [6.45, 7) is 9.31. The van der Waals surface area contributed by atoms with E-state index < -0.39 is 33.8 Å². The summed E-state index contributed by atoms with van der Waals surface area (Å²) in [4.78, 5) is 11.5. The van der Waals surface area contributed by atoms with Gasteiger partial charge in [0.25, 0.3) is 0 Å². The molecular formula is C15H27NO10S. The third-order valence-electron chi connectivity index (χ3n) is 4.00. The first-order chi connectivity index (χ1) is 12.2. The van der Waals surface area contributed by atoms with Gasteiger partial charge in [-0.1, -0.05) is 6.92 Å². The van der Waals surface area contributed by atoms with Gasteiger partial charge in [-0.2, -0.15) is 8.42 Å². The molecule has 0 aromatic carbocycles. The van der Waals surface area contributed by atoms with Gasteiger partial charge in [-0.25, -0.2) is 5.14 Å². The molecule has 0 radical (unpaired) electrons. The second-order valence-corrected chi connectivity index (χ2v) is 8.36. The van der Waals surface area contributed by atoms with Crippen LogP contribution >= 0.6 is 0 Å². The van der Waals surface area contributed by atoms with Crippen LogP contribution in [0.3, 0.4) is 0 Å². The van der Waals surface area contributed by atoms with Crippen molar-refractivity contribution in [1.82, 2.24) is 0 Å². The zero-order valence-electron chi connectivity index (χ0n) is 16.0. The van der Waals surface area contributed by atoms with E-state index in [9.17, 15) is 4.79 Å². The van der Waals surface area contributed by atoms with Gasteiger partial charge in [0.1, 0.15) is 24.9 Å². The third kappa shape index (κ3) is 5.81. The van der Waals surface area contributed by atoms with Crippen LogP contribution in [0.4, 0.5) is 0 Å². The number of carbonyl (C=O) groups excluding carboxylic acids is 1. The second kappa shape index (κ2) is 7.52. The van der Waals surface area contributed by atoms with Gasteiger partial charge in [0, 0.05) is 6.42 Å². The Morgan fingerprint density at radius 3 is 2.33 bits per heavy atom. The number of ether oxygens (including phenoxy) is 6. The summed E-state index contributed by atoms with van der Waals surface area (Å²) in [7, 11) is -4.17. The maximum atomic E-state index is 11.5. The van der Waals surface area contributed by atoms with Crippen molar-refractivity contribution in [3.63, 3.8) is 0 Å². The number of nitrogens with two attached hydrogens (primary N) is 1. The Bertz CT molecular complexity index is 656. The lowest BCUT2D eigenvalue weighted by Gasteiger charge is -2.40. The van der Waals surface area contributed by atoms with Crippen LogP contribution in [0.1, 0.15) is 41.0 Å². The first-order valence-corrected chi connectivity index (χ1v) is 9.95. The molecule has 12 heteroatoms. The zero-order valence-corrected chi connectivity index (χ0v) is 16.8. The Kier molecular flexibility index (Phi) is 6.25. The molecule has 0 bridgehead atoms. The van der Waals surface area contributed by atoms with Crippen LogP contribution in [0.5, 0.6) is 0 Å². The Morgan fingerprint density at radius 1 is 1.19 bits per heavy atom. The van der Waals surface area contributed by atoms with Gasteiger partial charge in [-0.05, 0) is 27.7 Å². The van der Waals surface area contributed by atoms with E-state index in [2.05, 4.69) is 5.14 Å². The molecule has 3 N–H and O–H groups in total. The van der Waals surface area contributed by atoms with Gasteiger partial charge < -0.3 is 28.4 Å². The normalized spacial score (nSPS) is 36.2. The molecule has 3 fully saturated rings. The van der Waals surface area contributed by atoms with Crippen molar-refractivity contribution in [2.75, 3.05) is 13.2 Å². The lowest BCUT2D eigenvalue weighted by molar-refractivity contribution is -0.296. The third-order valence-corrected chi connectivity index (χ3v) is 4.00. The van der Waals surface area contributed by atoms with Crippen molar-refractivity contribution < 1.29 is 46.2 Å². The van der Waals surface area contributed by atoms with Crippen LogP contribution in [-0.2, 0) is 43.5 Å². The van der Waals surface area contributed by atoms with Crippen molar-refractivity contribution >= 4 is 16.3 Å². The van der Waals surface area contributed by atoms with Crippen LogP contribution in [0.15, 0.2) is 0 Å².